The third-order valence-corrected chi connectivity index (χ3v) is 5.24. The highest BCUT2D eigenvalue weighted by Crippen LogP contribution is 2.30. The highest BCUT2D eigenvalue weighted by Gasteiger charge is 2.26. The zero-order chi connectivity index (χ0) is 18.6. The summed E-state index contributed by atoms with van der Waals surface area (Å²) in [5.41, 5.74) is 2.28. The van der Waals surface area contributed by atoms with Gasteiger partial charge < -0.3 is 9.47 Å². The second-order valence-corrected chi connectivity index (χ2v) is 7.14. The van der Waals surface area contributed by atoms with Gasteiger partial charge in [0, 0.05) is 49.4 Å². The Kier molecular flexibility index (Phi) is 5.14. The molecule has 1 aliphatic heterocycles. The largest absolute Gasteiger partial charge is 0.356 e. The predicted octanol–water partition coefficient (Wildman–Crippen LogP) is 3.37. The monoisotopic (exact) mass is 362 g/mol. The fraction of sp³-hybridized carbons (Fsp3) is 0.429. The maximum absolute atomic E-state index is 4.75. The van der Waals surface area contributed by atoms with Crippen LogP contribution < -0.4 is 4.90 Å². The van der Waals surface area contributed by atoms with Crippen LogP contribution in [0.5, 0.6) is 0 Å². The Morgan fingerprint density at radius 2 is 2.07 bits per heavy atom. The van der Waals surface area contributed by atoms with E-state index in [2.05, 4.69) is 38.6 Å². The highest BCUT2D eigenvalue weighted by atomic mass is 15.2. The van der Waals surface area contributed by atoms with Gasteiger partial charge in [-0.05, 0) is 38.3 Å². The topological polar surface area (TPSA) is 59.7 Å². The molecule has 1 aliphatic rings. The van der Waals surface area contributed by atoms with E-state index in [0.717, 1.165) is 62.1 Å². The molecule has 6 nitrogen and oxygen atoms in total. The first kappa shape index (κ1) is 17.6. The van der Waals surface area contributed by atoms with Crippen LogP contribution in [-0.2, 0) is 13.0 Å². The molecule has 0 aromatic carbocycles. The summed E-state index contributed by atoms with van der Waals surface area (Å²) in [5, 5.41) is 0. The molecular weight excluding hydrogens is 336 g/mol. The van der Waals surface area contributed by atoms with Crippen LogP contribution in [0, 0.1) is 6.92 Å². The molecule has 0 N–H and O–H groups in total. The fourth-order valence-electron chi connectivity index (χ4n) is 3.87. The van der Waals surface area contributed by atoms with E-state index < -0.39 is 0 Å². The standard InChI is InChI=1S/C21H26N6/c1-3-17-13-24-16(2)25-21(17)26-11-6-7-18(14-26)20-23-10-12-27(20)15-19-8-4-5-9-22-19/h4-5,8-10,12-13,18H,3,6-7,11,14-15H2,1-2H3/t18-/m0/s1. The number of pyridine rings is 1. The van der Waals surface area contributed by atoms with Crippen molar-refractivity contribution in [1.29, 1.82) is 0 Å². The van der Waals surface area contributed by atoms with Crippen LogP contribution >= 0.6 is 0 Å². The van der Waals surface area contributed by atoms with Crippen LogP contribution in [0.4, 0.5) is 5.82 Å². The van der Waals surface area contributed by atoms with Crippen molar-refractivity contribution >= 4 is 5.82 Å². The van der Waals surface area contributed by atoms with Crippen LogP contribution in [0.3, 0.4) is 0 Å². The second-order valence-electron chi connectivity index (χ2n) is 7.14. The van der Waals surface area contributed by atoms with Crippen LogP contribution in [0.25, 0.3) is 0 Å². The maximum atomic E-state index is 4.75. The van der Waals surface area contributed by atoms with Crippen molar-refractivity contribution in [2.45, 2.75) is 45.6 Å². The van der Waals surface area contributed by atoms with E-state index in [4.69, 9.17) is 9.97 Å². The molecule has 0 unspecified atom stereocenters. The Morgan fingerprint density at radius 3 is 2.89 bits per heavy atom. The van der Waals surface area contributed by atoms with Gasteiger partial charge in [0.1, 0.15) is 17.5 Å². The van der Waals surface area contributed by atoms with E-state index >= 15 is 0 Å². The van der Waals surface area contributed by atoms with Crippen molar-refractivity contribution in [3.8, 4) is 0 Å². The van der Waals surface area contributed by atoms with Gasteiger partial charge in [-0.3, -0.25) is 4.98 Å². The molecule has 1 fully saturated rings. The Bertz CT molecular complexity index is 889. The summed E-state index contributed by atoms with van der Waals surface area (Å²) < 4.78 is 2.24. The molecule has 0 bridgehead atoms. The molecule has 3 aromatic heterocycles. The van der Waals surface area contributed by atoms with Gasteiger partial charge in [-0.15, -0.1) is 0 Å². The first-order valence-corrected chi connectivity index (χ1v) is 9.73. The molecule has 0 aliphatic carbocycles. The van der Waals surface area contributed by atoms with Gasteiger partial charge in [0.25, 0.3) is 0 Å². The Morgan fingerprint density at radius 1 is 1.15 bits per heavy atom. The van der Waals surface area contributed by atoms with Crippen molar-refractivity contribution in [1.82, 2.24) is 24.5 Å². The number of anilines is 1. The second kappa shape index (κ2) is 7.86. The molecule has 3 aromatic rings. The third kappa shape index (κ3) is 3.84. The number of nitrogens with zero attached hydrogens (tertiary/aromatic N) is 6. The summed E-state index contributed by atoms with van der Waals surface area (Å²) in [7, 11) is 0. The van der Waals surface area contributed by atoms with E-state index in [1.54, 1.807) is 0 Å². The highest BCUT2D eigenvalue weighted by molar-refractivity contribution is 5.47. The first-order chi connectivity index (χ1) is 13.2. The SMILES string of the molecule is CCc1cnc(C)nc1N1CCC[C@H](c2nccn2Cc2ccccn2)C1. The van der Waals surface area contributed by atoms with Gasteiger partial charge in [0.05, 0.1) is 12.2 Å². The van der Waals surface area contributed by atoms with E-state index in [-0.39, 0.29) is 0 Å². The number of aryl methyl sites for hydroxylation is 2. The molecule has 1 saturated heterocycles. The molecule has 140 valence electrons. The van der Waals surface area contributed by atoms with Gasteiger partial charge in [0.2, 0.25) is 0 Å². The molecular formula is C21H26N6. The number of rotatable bonds is 5. The lowest BCUT2D eigenvalue weighted by atomic mass is 9.96. The van der Waals surface area contributed by atoms with Gasteiger partial charge in [0.15, 0.2) is 0 Å². The van der Waals surface area contributed by atoms with Crippen molar-refractivity contribution in [2.24, 2.45) is 0 Å². The van der Waals surface area contributed by atoms with Crippen molar-refractivity contribution in [3.05, 3.63) is 65.9 Å². The molecule has 0 amide bonds. The zero-order valence-corrected chi connectivity index (χ0v) is 16.0. The van der Waals surface area contributed by atoms with E-state index in [0.29, 0.717) is 5.92 Å². The minimum atomic E-state index is 0.400. The lowest BCUT2D eigenvalue weighted by Crippen LogP contribution is -2.36. The fourth-order valence-corrected chi connectivity index (χ4v) is 3.87. The number of aromatic nitrogens is 5. The lowest BCUT2D eigenvalue weighted by Gasteiger charge is -2.34. The molecule has 4 heterocycles. The smallest absolute Gasteiger partial charge is 0.135 e. The summed E-state index contributed by atoms with van der Waals surface area (Å²) in [6.07, 6.45) is 11.0. The van der Waals surface area contributed by atoms with Crippen molar-refractivity contribution in [3.63, 3.8) is 0 Å². The average molecular weight is 362 g/mol. The summed E-state index contributed by atoms with van der Waals surface area (Å²) in [6, 6.07) is 6.05. The Balaban J connectivity index is 1.56. The lowest BCUT2D eigenvalue weighted by molar-refractivity contribution is 0.472. The summed E-state index contributed by atoms with van der Waals surface area (Å²) >= 11 is 0. The third-order valence-electron chi connectivity index (χ3n) is 5.24. The van der Waals surface area contributed by atoms with Crippen LogP contribution in [0.15, 0.2) is 43.0 Å². The molecule has 0 spiro atoms. The minimum Gasteiger partial charge on any atom is -0.356 e. The molecule has 27 heavy (non-hydrogen) atoms. The van der Waals surface area contributed by atoms with Crippen LogP contribution in [0.2, 0.25) is 0 Å². The normalized spacial score (nSPS) is 17.3. The molecule has 1 atom stereocenters. The summed E-state index contributed by atoms with van der Waals surface area (Å²) in [5.74, 6) is 3.48. The minimum absolute atomic E-state index is 0.400. The molecule has 0 saturated carbocycles. The number of hydrogen-bond acceptors (Lipinski definition) is 5. The van der Waals surface area contributed by atoms with E-state index in [1.165, 1.54) is 5.56 Å². The van der Waals surface area contributed by atoms with E-state index in [9.17, 15) is 0 Å². The Hall–Kier alpha value is -2.76. The quantitative estimate of drug-likeness (QED) is 0.696. The molecule has 4 rings (SSSR count). The predicted molar refractivity (Wildman–Crippen MR) is 106 cm³/mol. The van der Waals surface area contributed by atoms with Crippen LogP contribution in [0.1, 0.15) is 48.6 Å². The van der Waals surface area contributed by atoms with Gasteiger partial charge in [-0.1, -0.05) is 13.0 Å². The van der Waals surface area contributed by atoms with Gasteiger partial charge in [-0.2, -0.15) is 0 Å². The Labute approximate surface area is 160 Å². The van der Waals surface area contributed by atoms with Gasteiger partial charge in [-0.25, -0.2) is 15.0 Å². The maximum Gasteiger partial charge on any atom is 0.135 e. The first-order valence-electron chi connectivity index (χ1n) is 9.73. The summed E-state index contributed by atoms with van der Waals surface area (Å²) in [4.78, 5) is 20.7. The molecule has 6 heteroatoms. The van der Waals surface area contributed by atoms with Crippen molar-refractivity contribution < 1.29 is 0 Å². The van der Waals surface area contributed by atoms with Gasteiger partial charge >= 0.3 is 0 Å². The average Bonchev–Trinajstić information content (AvgIpc) is 3.17. The number of piperidine rings is 1. The summed E-state index contributed by atoms with van der Waals surface area (Å²) in [6.45, 7) is 6.88. The van der Waals surface area contributed by atoms with Crippen LogP contribution in [-0.4, -0.2) is 37.6 Å². The number of imidazole rings is 1. The molecule has 0 radical (unpaired) electrons. The van der Waals surface area contributed by atoms with Crippen molar-refractivity contribution in [2.75, 3.05) is 18.0 Å². The number of hydrogen-bond donors (Lipinski definition) is 0. The zero-order valence-electron chi connectivity index (χ0n) is 16.0. The van der Waals surface area contributed by atoms with E-state index in [1.807, 2.05) is 37.6 Å².